The molecule has 1 aromatic heterocycles. The summed E-state index contributed by atoms with van der Waals surface area (Å²) in [4.78, 5) is 4.17. The van der Waals surface area contributed by atoms with Crippen LogP contribution in [-0.2, 0) is 17.8 Å². The Kier molecular flexibility index (Phi) is 5.52. The molecule has 0 fully saturated rings. The van der Waals surface area contributed by atoms with Gasteiger partial charge in [-0.3, -0.25) is 0 Å². The minimum atomic E-state index is -0.117. The Balaban J connectivity index is 2.10. The fraction of sp³-hybridized carbons (Fsp3) is 0.267. The Morgan fingerprint density at radius 1 is 1.25 bits per heavy atom. The molecule has 0 bridgehead atoms. The summed E-state index contributed by atoms with van der Waals surface area (Å²) in [5, 5.41) is 9.31. The second kappa shape index (κ2) is 7.38. The van der Waals surface area contributed by atoms with Gasteiger partial charge >= 0.3 is 0 Å². The van der Waals surface area contributed by atoms with Crippen LogP contribution in [0.4, 0.5) is 0 Å². The van der Waals surface area contributed by atoms with Crippen molar-refractivity contribution in [3.63, 3.8) is 0 Å². The maximum atomic E-state index is 9.31. The molecule has 4 nitrogen and oxygen atoms in total. The maximum Gasteiger partial charge on any atom is 0.224 e. The minimum Gasteiger partial charge on any atom is -0.439 e. The average Bonchev–Trinajstić information content (AvgIpc) is 2.48. The number of aromatic nitrogens is 1. The predicted molar refractivity (Wildman–Crippen MR) is 80.0 cm³/mol. The van der Waals surface area contributed by atoms with Gasteiger partial charge in [0.1, 0.15) is 5.75 Å². The number of hydrogen-bond donors (Lipinski definition) is 1. The lowest BCUT2D eigenvalue weighted by Gasteiger charge is -2.09. The van der Waals surface area contributed by atoms with E-state index in [1.165, 1.54) is 5.56 Å². The molecule has 0 unspecified atom stereocenters. The van der Waals surface area contributed by atoms with Crippen LogP contribution in [0.25, 0.3) is 0 Å². The van der Waals surface area contributed by atoms with E-state index in [0.717, 1.165) is 10.9 Å². The summed E-state index contributed by atoms with van der Waals surface area (Å²) < 4.78 is 11.5. The van der Waals surface area contributed by atoms with Gasteiger partial charge < -0.3 is 14.6 Å². The average molecular weight is 338 g/mol. The van der Waals surface area contributed by atoms with E-state index in [1.807, 2.05) is 24.3 Å². The second-order valence-electron chi connectivity index (χ2n) is 4.26. The zero-order chi connectivity index (χ0) is 14.4. The van der Waals surface area contributed by atoms with Crippen LogP contribution in [0.5, 0.6) is 11.6 Å². The van der Waals surface area contributed by atoms with E-state index >= 15 is 0 Å². The Hall–Kier alpha value is -1.43. The molecular formula is C15H16BrNO3. The summed E-state index contributed by atoms with van der Waals surface area (Å²) in [6, 6.07) is 9.54. The number of nitrogens with zero attached hydrogens (tertiary/aromatic N) is 1. The van der Waals surface area contributed by atoms with Gasteiger partial charge in [0.15, 0.2) is 0 Å². The number of aliphatic hydroxyl groups is 1. The van der Waals surface area contributed by atoms with E-state index in [-0.39, 0.29) is 6.61 Å². The first-order valence-electron chi connectivity index (χ1n) is 6.24. The molecule has 0 atom stereocenters. The van der Waals surface area contributed by atoms with Crippen molar-refractivity contribution in [3.8, 4) is 11.6 Å². The van der Waals surface area contributed by atoms with Gasteiger partial charge in [0.2, 0.25) is 5.88 Å². The third kappa shape index (κ3) is 4.03. The molecule has 1 N–H and O–H groups in total. The fourth-order valence-corrected chi connectivity index (χ4v) is 2.11. The number of halogens is 1. The molecule has 5 heteroatoms. The van der Waals surface area contributed by atoms with E-state index in [2.05, 4.69) is 20.9 Å². The van der Waals surface area contributed by atoms with Crippen molar-refractivity contribution in [3.05, 3.63) is 52.1 Å². The molecule has 0 aliphatic carbocycles. The summed E-state index contributed by atoms with van der Waals surface area (Å²) in [5.41, 5.74) is 1.83. The monoisotopic (exact) mass is 337 g/mol. The molecule has 2 rings (SSSR count). The lowest BCUT2D eigenvalue weighted by Crippen LogP contribution is -1.96. The normalized spacial score (nSPS) is 10.6. The lowest BCUT2D eigenvalue weighted by molar-refractivity contribution is 0.202. The van der Waals surface area contributed by atoms with Gasteiger partial charge in [0, 0.05) is 23.3 Å². The molecular weight excluding hydrogens is 322 g/mol. The zero-order valence-corrected chi connectivity index (χ0v) is 12.8. The molecule has 0 radical (unpaired) electrons. The van der Waals surface area contributed by atoms with Crippen molar-refractivity contribution in [1.29, 1.82) is 0 Å². The molecule has 1 heterocycles. The highest BCUT2D eigenvalue weighted by Crippen LogP contribution is 2.25. The molecule has 0 saturated heterocycles. The molecule has 0 spiro atoms. The number of aliphatic hydroxyl groups excluding tert-OH is 1. The van der Waals surface area contributed by atoms with Crippen molar-refractivity contribution >= 4 is 15.9 Å². The van der Waals surface area contributed by atoms with Gasteiger partial charge in [0.05, 0.1) is 13.2 Å². The quantitative estimate of drug-likeness (QED) is 0.878. The number of methoxy groups -OCH3 is 1. The third-order valence-electron chi connectivity index (χ3n) is 2.80. The molecule has 0 aliphatic rings. The van der Waals surface area contributed by atoms with Gasteiger partial charge in [-0.05, 0) is 46.1 Å². The van der Waals surface area contributed by atoms with Gasteiger partial charge in [0.25, 0.3) is 0 Å². The number of hydrogen-bond acceptors (Lipinski definition) is 4. The van der Waals surface area contributed by atoms with Crippen LogP contribution in [0, 0.1) is 0 Å². The third-order valence-corrected chi connectivity index (χ3v) is 3.23. The van der Waals surface area contributed by atoms with E-state index in [4.69, 9.17) is 9.47 Å². The Morgan fingerprint density at radius 3 is 2.65 bits per heavy atom. The van der Waals surface area contributed by atoms with Crippen LogP contribution >= 0.6 is 15.9 Å². The summed E-state index contributed by atoms with van der Waals surface area (Å²) in [7, 11) is 1.69. The van der Waals surface area contributed by atoms with Crippen molar-refractivity contribution in [2.24, 2.45) is 0 Å². The van der Waals surface area contributed by atoms with E-state index in [0.29, 0.717) is 23.8 Å². The van der Waals surface area contributed by atoms with Crippen molar-refractivity contribution < 1.29 is 14.6 Å². The van der Waals surface area contributed by atoms with Gasteiger partial charge in [-0.15, -0.1) is 0 Å². The largest absolute Gasteiger partial charge is 0.439 e. The highest BCUT2D eigenvalue weighted by atomic mass is 79.9. The summed E-state index contributed by atoms with van der Waals surface area (Å²) >= 11 is 3.32. The minimum absolute atomic E-state index is 0.117. The number of ether oxygens (including phenoxy) is 2. The van der Waals surface area contributed by atoms with Crippen LogP contribution in [0.2, 0.25) is 0 Å². The van der Waals surface area contributed by atoms with Crippen molar-refractivity contribution in [2.45, 2.75) is 13.0 Å². The topological polar surface area (TPSA) is 51.6 Å². The first-order valence-corrected chi connectivity index (χ1v) is 7.03. The van der Waals surface area contributed by atoms with Crippen LogP contribution in [0.1, 0.15) is 11.1 Å². The van der Waals surface area contributed by atoms with Crippen LogP contribution in [0.15, 0.2) is 41.0 Å². The maximum absolute atomic E-state index is 9.31. The molecule has 0 aliphatic heterocycles. The van der Waals surface area contributed by atoms with Crippen molar-refractivity contribution in [1.82, 2.24) is 4.98 Å². The Bertz CT molecular complexity index is 558. The molecule has 0 amide bonds. The fourth-order valence-electron chi connectivity index (χ4n) is 1.73. The Labute approximate surface area is 126 Å². The van der Waals surface area contributed by atoms with Gasteiger partial charge in [-0.25, -0.2) is 4.98 Å². The highest BCUT2D eigenvalue weighted by molar-refractivity contribution is 9.10. The predicted octanol–water partition coefficient (Wildman–Crippen LogP) is 3.32. The number of benzene rings is 1. The first-order chi connectivity index (χ1) is 9.72. The number of pyridine rings is 1. The van der Waals surface area contributed by atoms with Crippen LogP contribution < -0.4 is 4.74 Å². The molecule has 0 saturated carbocycles. The van der Waals surface area contributed by atoms with Crippen LogP contribution in [0.3, 0.4) is 0 Å². The Morgan fingerprint density at radius 2 is 2.00 bits per heavy atom. The zero-order valence-electron chi connectivity index (χ0n) is 11.2. The van der Waals surface area contributed by atoms with Gasteiger partial charge in [-0.1, -0.05) is 12.1 Å². The van der Waals surface area contributed by atoms with Gasteiger partial charge in [-0.2, -0.15) is 0 Å². The molecule has 106 valence electrons. The molecule has 20 heavy (non-hydrogen) atoms. The standard InChI is InChI=1S/C15H16BrNO3/c1-19-7-6-11-2-4-14(5-3-11)20-15-12(10-18)8-13(16)9-17-15/h2-5,8-9,18H,6-7,10H2,1H3. The summed E-state index contributed by atoms with van der Waals surface area (Å²) in [6.07, 6.45) is 2.51. The van der Waals surface area contributed by atoms with E-state index in [1.54, 1.807) is 19.4 Å². The van der Waals surface area contributed by atoms with Crippen LogP contribution in [-0.4, -0.2) is 23.8 Å². The smallest absolute Gasteiger partial charge is 0.224 e. The highest BCUT2D eigenvalue weighted by Gasteiger charge is 2.07. The first kappa shape index (κ1) is 15.0. The number of rotatable bonds is 6. The van der Waals surface area contributed by atoms with E-state index < -0.39 is 0 Å². The molecule has 1 aromatic carbocycles. The second-order valence-corrected chi connectivity index (χ2v) is 5.18. The summed E-state index contributed by atoms with van der Waals surface area (Å²) in [5.74, 6) is 1.11. The molecule has 2 aromatic rings. The lowest BCUT2D eigenvalue weighted by atomic mass is 10.1. The van der Waals surface area contributed by atoms with E-state index in [9.17, 15) is 5.11 Å². The summed E-state index contributed by atoms with van der Waals surface area (Å²) in [6.45, 7) is 0.580. The SMILES string of the molecule is COCCc1ccc(Oc2ncc(Br)cc2CO)cc1. The van der Waals surface area contributed by atoms with Crippen molar-refractivity contribution in [2.75, 3.05) is 13.7 Å².